The zero-order valence-corrected chi connectivity index (χ0v) is 11.0. The molecule has 0 radical (unpaired) electrons. The third kappa shape index (κ3) is 2.44. The zero-order chi connectivity index (χ0) is 14.7. The number of hydrogen-bond acceptors (Lipinski definition) is 5. The summed E-state index contributed by atoms with van der Waals surface area (Å²) < 4.78 is 6.42. The van der Waals surface area contributed by atoms with E-state index in [9.17, 15) is 9.59 Å². The summed E-state index contributed by atoms with van der Waals surface area (Å²) in [6, 6.07) is 3.15. The van der Waals surface area contributed by atoms with Gasteiger partial charge in [-0.1, -0.05) is 0 Å². The van der Waals surface area contributed by atoms with E-state index in [0.717, 1.165) is 0 Å². The van der Waals surface area contributed by atoms with Crippen LogP contribution in [0.1, 0.15) is 22.8 Å². The van der Waals surface area contributed by atoms with Crippen LogP contribution in [-0.4, -0.2) is 27.3 Å². The lowest BCUT2D eigenvalue weighted by molar-refractivity contribution is 0.0525. The minimum Gasteiger partial charge on any atom is -0.462 e. The molecule has 0 spiro atoms. The Kier molecular flexibility index (Phi) is 3.66. The first kappa shape index (κ1) is 13.5. The molecule has 20 heavy (non-hydrogen) atoms. The zero-order valence-electron chi connectivity index (χ0n) is 11.0. The van der Waals surface area contributed by atoms with E-state index in [1.807, 2.05) is 0 Å². The lowest BCUT2D eigenvalue weighted by atomic mass is 10.1. The number of nitriles is 1. The van der Waals surface area contributed by atoms with Gasteiger partial charge in [-0.05, 0) is 13.0 Å². The predicted octanol–water partition coefficient (Wildman–Crippen LogP) is 0.824. The quantitative estimate of drug-likeness (QED) is 0.834. The Morgan fingerprint density at radius 1 is 1.60 bits per heavy atom. The Labute approximate surface area is 114 Å². The van der Waals surface area contributed by atoms with Gasteiger partial charge < -0.3 is 9.72 Å². The number of pyridine rings is 1. The molecule has 2 aromatic heterocycles. The molecule has 7 nitrogen and oxygen atoms in total. The van der Waals surface area contributed by atoms with E-state index in [0.29, 0.717) is 11.3 Å². The monoisotopic (exact) mass is 272 g/mol. The molecule has 0 amide bonds. The molecule has 0 aliphatic carbocycles. The number of carbonyl (C=O) groups excluding carboxylic acids is 1. The number of hydrogen-bond donors (Lipinski definition) is 1. The molecular weight excluding hydrogens is 260 g/mol. The minimum absolute atomic E-state index is 0.0445. The summed E-state index contributed by atoms with van der Waals surface area (Å²) in [7, 11) is 1.73. The van der Waals surface area contributed by atoms with Crippen molar-refractivity contribution in [3.8, 4) is 17.3 Å². The average Bonchev–Trinajstić information content (AvgIpc) is 2.84. The fourth-order valence-electron chi connectivity index (χ4n) is 1.76. The van der Waals surface area contributed by atoms with Gasteiger partial charge in [0.25, 0.3) is 5.56 Å². The molecule has 0 unspecified atom stereocenters. The molecular formula is C13H12N4O3. The molecule has 0 atom stereocenters. The largest absolute Gasteiger partial charge is 0.462 e. The van der Waals surface area contributed by atoms with Crippen LogP contribution in [0, 0.1) is 11.3 Å². The van der Waals surface area contributed by atoms with Crippen LogP contribution in [-0.2, 0) is 11.8 Å². The van der Waals surface area contributed by atoms with Gasteiger partial charge in [-0.15, -0.1) is 0 Å². The van der Waals surface area contributed by atoms with Crippen LogP contribution in [0.5, 0.6) is 0 Å². The van der Waals surface area contributed by atoms with Gasteiger partial charge in [0.2, 0.25) is 0 Å². The lowest BCUT2D eigenvalue weighted by Gasteiger charge is -2.05. The topological polar surface area (TPSA) is 101 Å². The second-order valence-corrected chi connectivity index (χ2v) is 4.04. The third-order valence-corrected chi connectivity index (χ3v) is 2.66. The normalized spacial score (nSPS) is 10.1. The van der Waals surface area contributed by atoms with Crippen LogP contribution in [0.25, 0.3) is 11.3 Å². The average molecular weight is 272 g/mol. The fraction of sp³-hybridized carbons (Fsp3) is 0.231. The Balaban J connectivity index is 2.61. The molecule has 0 aromatic carbocycles. The van der Waals surface area contributed by atoms with Crippen molar-refractivity contribution in [1.29, 1.82) is 5.26 Å². The third-order valence-electron chi connectivity index (χ3n) is 2.66. The molecule has 2 heterocycles. The van der Waals surface area contributed by atoms with E-state index < -0.39 is 11.5 Å². The highest BCUT2D eigenvalue weighted by molar-refractivity contribution is 5.93. The van der Waals surface area contributed by atoms with Gasteiger partial charge in [0.15, 0.2) is 0 Å². The van der Waals surface area contributed by atoms with Gasteiger partial charge in [-0.25, -0.2) is 4.79 Å². The number of H-pyrrole nitrogens is 1. The van der Waals surface area contributed by atoms with E-state index in [4.69, 9.17) is 10.00 Å². The van der Waals surface area contributed by atoms with Gasteiger partial charge in [-0.3, -0.25) is 9.48 Å². The van der Waals surface area contributed by atoms with Crippen LogP contribution in [0.3, 0.4) is 0 Å². The van der Waals surface area contributed by atoms with Gasteiger partial charge in [0.1, 0.15) is 11.6 Å². The van der Waals surface area contributed by atoms with Crippen LogP contribution in [0.4, 0.5) is 0 Å². The van der Waals surface area contributed by atoms with Crippen LogP contribution < -0.4 is 5.56 Å². The minimum atomic E-state index is -0.694. The second-order valence-electron chi connectivity index (χ2n) is 4.04. The number of esters is 1. The van der Waals surface area contributed by atoms with Gasteiger partial charge in [0, 0.05) is 18.8 Å². The molecule has 2 rings (SSSR count). The maximum Gasteiger partial charge on any atom is 0.339 e. The fourth-order valence-corrected chi connectivity index (χ4v) is 1.76. The molecule has 0 aliphatic rings. The Morgan fingerprint density at radius 3 is 2.90 bits per heavy atom. The summed E-state index contributed by atoms with van der Waals surface area (Å²) >= 11 is 0. The Hall–Kier alpha value is -2.88. The highest BCUT2D eigenvalue weighted by Gasteiger charge is 2.18. The molecule has 0 aliphatic heterocycles. The number of carbonyl (C=O) groups is 1. The molecule has 0 saturated carbocycles. The van der Waals surface area contributed by atoms with E-state index in [-0.39, 0.29) is 17.7 Å². The van der Waals surface area contributed by atoms with Crippen LogP contribution >= 0.6 is 0 Å². The first-order valence-corrected chi connectivity index (χ1v) is 5.90. The predicted molar refractivity (Wildman–Crippen MR) is 69.9 cm³/mol. The number of aryl methyl sites for hydroxylation is 1. The number of nitrogens with zero attached hydrogens (tertiary/aromatic N) is 3. The smallest absolute Gasteiger partial charge is 0.339 e. The van der Waals surface area contributed by atoms with Crippen molar-refractivity contribution in [2.24, 2.45) is 7.05 Å². The number of ether oxygens (including phenoxy) is 1. The van der Waals surface area contributed by atoms with Crippen LogP contribution in [0.2, 0.25) is 0 Å². The van der Waals surface area contributed by atoms with Crippen molar-refractivity contribution < 1.29 is 9.53 Å². The maximum atomic E-state index is 11.9. The molecule has 0 saturated heterocycles. The number of aromatic nitrogens is 3. The molecule has 7 heteroatoms. The summed E-state index contributed by atoms with van der Waals surface area (Å²) in [4.78, 5) is 26.2. The van der Waals surface area contributed by atoms with E-state index in [1.165, 1.54) is 6.07 Å². The van der Waals surface area contributed by atoms with Crippen molar-refractivity contribution in [3.63, 3.8) is 0 Å². The van der Waals surface area contributed by atoms with E-state index >= 15 is 0 Å². The number of aromatic amines is 1. The maximum absolute atomic E-state index is 11.9. The highest BCUT2D eigenvalue weighted by atomic mass is 16.5. The summed E-state index contributed by atoms with van der Waals surface area (Å²) in [5.41, 5.74) is 0.120. The molecule has 0 bridgehead atoms. The van der Waals surface area contributed by atoms with Crippen molar-refractivity contribution in [3.05, 3.63) is 39.9 Å². The van der Waals surface area contributed by atoms with Gasteiger partial charge >= 0.3 is 5.97 Å². The molecule has 0 fully saturated rings. The number of nitrogens with one attached hydrogen (secondary N) is 1. The highest BCUT2D eigenvalue weighted by Crippen LogP contribution is 2.17. The first-order chi connectivity index (χ1) is 9.56. The Morgan fingerprint density at radius 2 is 2.35 bits per heavy atom. The lowest BCUT2D eigenvalue weighted by Crippen LogP contribution is -2.18. The number of rotatable bonds is 3. The molecule has 1 N–H and O–H groups in total. The summed E-state index contributed by atoms with van der Waals surface area (Å²) in [6.07, 6.45) is 3.23. The van der Waals surface area contributed by atoms with Gasteiger partial charge in [-0.2, -0.15) is 10.4 Å². The van der Waals surface area contributed by atoms with Crippen LogP contribution in [0.15, 0.2) is 23.3 Å². The van der Waals surface area contributed by atoms with Crippen molar-refractivity contribution in [2.45, 2.75) is 6.92 Å². The standard InChI is InChI=1S/C13H12N4O3/c1-3-20-13(19)9-4-11(8-6-15-17(2)7-8)16-12(18)10(9)5-14/h4,6-7H,3H2,1-2H3,(H,16,18). The summed E-state index contributed by atoms with van der Waals surface area (Å²) in [5, 5.41) is 13.0. The summed E-state index contributed by atoms with van der Waals surface area (Å²) in [6.45, 7) is 1.82. The van der Waals surface area contributed by atoms with E-state index in [2.05, 4.69) is 10.1 Å². The molecule has 102 valence electrons. The van der Waals surface area contributed by atoms with Gasteiger partial charge in [0.05, 0.1) is 24.1 Å². The van der Waals surface area contributed by atoms with Crippen molar-refractivity contribution in [1.82, 2.24) is 14.8 Å². The Bertz CT molecular complexity index is 752. The summed E-state index contributed by atoms with van der Waals surface area (Å²) in [5.74, 6) is -0.694. The SMILES string of the molecule is CCOC(=O)c1cc(-c2cnn(C)c2)[nH]c(=O)c1C#N. The van der Waals surface area contributed by atoms with Crippen molar-refractivity contribution >= 4 is 5.97 Å². The van der Waals surface area contributed by atoms with E-state index in [1.54, 1.807) is 37.1 Å². The first-order valence-electron chi connectivity index (χ1n) is 5.90. The second kappa shape index (κ2) is 5.40. The van der Waals surface area contributed by atoms with Crippen molar-refractivity contribution in [2.75, 3.05) is 6.61 Å². The molecule has 2 aromatic rings.